The van der Waals surface area contributed by atoms with Gasteiger partial charge in [0.15, 0.2) is 0 Å². The van der Waals surface area contributed by atoms with Gasteiger partial charge >= 0.3 is 6.18 Å². The van der Waals surface area contributed by atoms with Gasteiger partial charge in [0.1, 0.15) is 18.6 Å². The number of carbonyl (C=O) groups is 1. The lowest BCUT2D eigenvalue weighted by Gasteiger charge is -2.09. The molecule has 3 aromatic rings. The Hall–Kier alpha value is -3.17. The molecule has 27 heavy (non-hydrogen) atoms. The maximum absolute atomic E-state index is 13.0. The Morgan fingerprint density at radius 3 is 2.67 bits per heavy atom. The molecule has 142 valence electrons. The Balaban J connectivity index is 1.65. The van der Waals surface area contributed by atoms with Crippen molar-refractivity contribution in [1.29, 1.82) is 0 Å². The van der Waals surface area contributed by atoms with E-state index in [1.54, 1.807) is 0 Å². The van der Waals surface area contributed by atoms with Crippen LogP contribution in [0.4, 0.5) is 19.1 Å². The summed E-state index contributed by atoms with van der Waals surface area (Å²) in [6, 6.07) is 8.73. The van der Waals surface area contributed by atoms with Crippen LogP contribution in [0.3, 0.4) is 0 Å². The van der Waals surface area contributed by atoms with Crippen LogP contribution in [0.5, 0.6) is 0 Å². The molecule has 0 aliphatic heterocycles. The molecule has 3 rings (SSSR count). The van der Waals surface area contributed by atoms with E-state index in [9.17, 15) is 18.0 Å². The number of aromatic nitrogens is 5. The number of hydrogen-bond acceptors (Lipinski definition) is 4. The van der Waals surface area contributed by atoms with Crippen LogP contribution in [0.1, 0.15) is 22.5 Å². The summed E-state index contributed by atoms with van der Waals surface area (Å²) < 4.78 is 41.0. The number of benzene rings is 1. The standard InChI is InChI=1S/C17H17F3N6O/c1-11-4-3-5-13(6-11)8-25-10-21-16(24-25)22-15(27)9-26-14(17(18,19)20)7-12(2)23-26/h3-7,10H,8-9H2,1-2H3,(H,22,24,27). The molecule has 0 fully saturated rings. The number of hydrogen-bond donors (Lipinski definition) is 1. The third kappa shape index (κ3) is 4.72. The molecule has 7 nitrogen and oxygen atoms in total. The molecule has 10 heteroatoms. The van der Waals surface area contributed by atoms with Crippen LogP contribution in [0.2, 0.25) is 0 Å². The third-order valence-electron chi connectivity index (χ3n) is 3.70. The Morgan fingerprint density at radius 1 is 1.19 bits per heavy atom. The van der Waals surface area contributed by atoms with Crippen molar-refractivity contribution >= 4 is 11.9 Å². The summed E-state index contributed by atoms with van der Waals surface area (Å²) in [6.07, 6.45) is -3.15. The summed E-state index contributed by atoms with van der Waals surface area (Å²) >= 11 is 0. The molecule has 0 unspecified atom stereocenters. The molecule has 0 spiro atoms. The highest BCUT2D eigenvalue weighted by Crippen LogP contribution is 2.29. The monoisotopic (exact) mass is 378 g/mol. The van der Waals surface area contributed by atoms with Crippen LogP contribution in [0.25, 0.3) is 0 Å². The Morgan fingerprint density at radius 2 is 1.96 bits per heavy atom. The first-order valence-corrected chi connectivity index (χ1v) is 8.07. The quantitative estimate of drug-likeness (QED) is 0.741. The van der Waals surface area contributed by atoms with Gasteiger partial charge in [-0.15, -0.1) is 5.10 Å². The van der Waals surface area contributed by atoms with Crippen molar-refractivity contribution < 1.29 is 18.0 Å². The molecule has 0 saturated heterocycles. The average Bonchev–Trinajstić information content (AvgIpc) is 3.13. The number of anilines is 1. The number of nitrogens with one attached hydrogen (secondary N) is 1. The second-order valence-electron chi connectivity index (χ2n) is 6.13. The van der Waals surface area contributed by atoms with Crippen LogP contribution in [0, 0.1) is 13.8 Å². The maximum atomic E-state index is 13.0. The van der Waals surface area contributed by atoms with Gasteiger partial charge in [-0.05, 0) is 25.5 Å². The third-order valence-corrected chi connectivity index (χ3v) is 3.70. The van der Waals surface area contributed by atoms with Gasteiger partial charge in [-0.3, -0.25) is 14.8 Å². The van der Waals surface area contributed by atoms with Gasteiger partial charge in [-0.25, -0.2) is 9.67 Å². The summed E-state index contributed by atoms with van der Waals surface area (Å²) in [5.74, 6) is -0.679. The molecular weight excluding hydrogens is 361 g/mol. The zero-order valence-electron chi connectivity index (χ0n) is 14.7. The molecule has 0 radical (unpaired) electrons. The molecule has 2 aromatic heterocycles. The highest BCUT2D eigenvalue weighted by molar-refractivity contribution is 5.88. The number of alkyl halides is 3. The largest absolute Gasteiger partial charge is 0.433 e. The summed E-state index contributed by atoms with van der Waals surface area (Å²) in [5.41, 5.74) is 1.32. The van der Waals surface area contributed by atoms with Gasteiger partial charge in [0.05, 0.1) is 12.2 Å². The minimum Gasteiger partial charge on any atom is -0.292 e. The van der Waals surface area contributed by atoms with E-state index >= 15 is 0 Å². The number of halogens is 3. The van der Waals surface area contributed by atoms with E-state index in [2.05, 4.69) is 20.5 Å². The summed E-state index contributed by atoms with van der Waals surface area (Å²) in [4.78, 5) is 16.0. The van der Waals surface area contributed by atoms with Gasteiger partial charge in [-0.2, -0.15) is 18.3 Å². The van der Waals surface area contributed by atoms with Crippen LogP contribution >= 0.6 is 0 Å². The van der Waals surface area contributed by atoms with Crippen molar-refractivity contribution in [3.8, 4) is 0 Å². The first-order chi connectivity index (χ1) is 12.7. The first kappa shape index (κ1) is 18.6. The van der Waals surface area contributed by atoms with Crippen LogP contribution in [0.15, 0.2) is 36.7 Å². The lowest BCUT2D eigenvalue weighted by Crippen LogP contribution is -2.24. The minimum absolute atomic E-state index is 0.0186. The van der Waals surface area contributed by atoms with Crippen molar-refractivity contribution in [1.82, 2.24) is 24.5 Å². The molecular formula is C17H17F3N6O. The fourth-order valence-electron chi connectivity index (χ4n) is 2.62. The van der Waals surface area contributed by atoms with Crippen LogP contribution < -0.4 is 5.32 Å². The van der Waals surface area contributed by atoms with E-state index in [0.29, 0.717) is 11.2 Å². The topological polar surface area (TPSA) is 77.6 Å². The van der Waals surface area contributed by atoms with Crippen molar-refractivity contribution in [2.75, 3.05) is 5.32 Å². The van der Waals surface area contributed by atoms with E-state index < -0.39 is 24.3 Å². The predicted molar refractivity (Wildman–Crippen MR) is 90.9 cm³/mol. The van der Waals surface area contributed by atoms with Gasteiger partial charge < -0.3 is 0 Å². The number of nitrogens with zero attached hydrogens (tertiary/aromatic N) is 5. The van der Waals surface area contributed by atoms with E-state index in [1.807, 2.05) is 31.2 Å². The molecule has 1 N–H and O–H groups in total. The van der Waals surface area contributed by atoms with E-state index in [-0.39, 0.29) is 11.6 Å². The smallest absolute Gasteiger partial charge is 0.292 e. The second kappa shape index (κ2) is 7.22. The van der Waals surface area contributed by atoms with Crippen molar-refractivity contribution in [3.63, 3.8) is 0 Å². The van der Waals surface area contributed by atoms with Gasteiger partial charge in [0.2, 0.25) is 11.9 Å². The zero-order valence-corrected chi connectivity index (χ0v) is 14.7. The van der Waals surface area contributed by atoms with Crippen molar-refractivity contribution in [3.05, 3.63) is 59.2 Å². The normalized spacial score (nSPS) is 11.6. The van der Waals surface area contributed by atoms with Crippen molar-refractivity contribution in [2.45, 2.75) is 33.1 Å². The molecule has 1 amide bonds. The Bertz CT molecular complexity index is 960. The van der Waals surface area contributed by atoms with Gasteiger partial charge in [0.25, 0.3) is 0 Å². The van der Waals surface area contributed by atoms with Gasteiger partial charge in [0, 0.05) is 0 Å². The van der Waals surface area contributed by atoms with Gasteiger partial charge in [-0.1, -0.05) is 29.8 Å². The van der Waals surface area contributed by atoms with Crippen LogP contribution in [-0.2, 0) is 24.1 Å². The molecule has 2 heterocycles. The fourth-order valence-corrected chi connectivity index (χ4v) is 2.62. The lowest BCUT2D eigenvalue weighted by atomic mass is 10.1. The van der Waals surface area contributed by atoms with E-state index in [1.165, 1.54) is 17.9 Å². The Kier molecular flexibility index (Phi) is 4.98. The molecule has 0 aliphatic rings. The molecule has 0 atom stereocenters. The molecule has 0 aliphatic carbocycles. The number of amides is 1. The highest BCUT2D eigenvalue weighted by atomic mass is 19.4. The van der Waals surface area contributed by atoms with Crippen LogP contribution in [-0.4, -0.2) is 30.5 Å². The Labute approximate surface area is 152 Å². The summed E-state index contributed by atoms with van der Waals surface area (Å²) in [6.45, 7) is 3.27. The van der Waals surface area contributed by atoms with E-state index in [4.69, 9.17) is 0 Å². The fraction of sp³-hybridized carbons (Fsp3) is 0.294. The minimum atomic E-state index is -4.59. The van der Waals surface area contributed by atoms with E-state index in [0.717, 1.165) is 17.2 Å². The number of carbonyl (C=O) groups excluding carboxylic acids is 1. The predicted octanol–water partition coefficient (Wildman–Crippen LogP) is 2.80. The SMILES string of the molecule is Cc1cccc(Cn2cnc(NC(=O)Cn3nc(C)cc3C(F)(F)F)n2)c1. The zero-order chi connectivity index (χ0) is 19.6. The molecule has 1 aromatic carbocycles. The number of aryl methyl sites for hydroxylation is 2. The first-order valence-electron chi connectivity index (χ1n) is 8.07. The maximum Gasteiger partial charge on any atom is 0.433 e. The summed E-state index contributed by atoms with van der Waals surface area (Å²) in [5, 5.41) is 10.2. The summed E-state index contributed by atoms with van der Waals surface area (Å²) in [7, 11) is 0. The lowest BCUT2D eigenvalue weighted by molar-refractivity contribution is -0.144. The molecule has 0 saturated carbocycles. The molecule has 0 bridgehead atoms. The highest BCUT2D eigenvalue weighted by Gasteiger charge is 2.35. The second-order valence-corrected chi connectivity index (χ2v) is 6.13. The number of rotatable bonds is 5. The average molecular weight is 378 g/mol. The van der Waals surface area contributed by atoms with Crippen molar-refractivity contribution in [2.24, 2.45) is 0 Å².